The molecule has 0 saturated heterocycles. The summed E-state index contributed by atoms with van der Waals surface area (Å²) in [6.07, 6.45) is 6.09. The molecule has 1 aliphatic carbocycles. The maximum atomic E-state index is 12.4. The van der Waals surface area contributed by atoms with Crippen molar-refractivity contribution < 1.29 is 29.0 Å². The van der Waals surface area contributed by atoms with Gasteiger partial charge in [0.05, 0.1) is 6.42 Å². The first-order chi connectivity index (χ1) is 10.3. The molecule has 1 amide bonds. The summed E-state index contributed by atoms with van der Waals surface area (Å²) in [6, 6.07) is -1.52. The van der Waals surface area contributed by atoms with Gasteiger partial charge in [-0.3, -0.25) is 14.5 Å². The van der Waals surface area contributed by atoms with Gasteiger partial charge in [-0.15, -0.1) is 0 Å². The molecule has 0 heterocycles. The van der Waals surface area contributed by atoms with Gasteiger partial charge >= 0.3 is 11.9 Å². The third-order valence-electron chi connectivity index (χ3n) is 4.07. The van der Waals surface area contributed by atoms with Gasteiger partial charge in [0.15, 0.2) is 0 Å². The van der Waals surface area contributed by atoms with Gasteiger partial charge in [-0.05, 0) is 31.6 Å². The normalized spacial score (nSPS) is 27.9. The van der Waals surface area contributed by atoms with E-state index in [1.54, 1.807) is 6.92 Å². The highest BCUT2D eigenvalue weighted by molar-refractivity contribution is 5.89. The number of nitrogens with one attached hydrogen (secondary N) is 1. The number of carboxylic acid groups (broad SMARTS) is 1. The van der Waals surface area contributed by atoms with Gasteiger partial charge < -0.3 is 10.4 Å². The standard InChI is InChI=1S/C15H22FNO5/c1-10-5-3-4-7-15(2,8-6-10)14(21)17-11(9-12(18)19)13(20)22-16/h3,5,10-11H,4,6-9H2,1-2H3,(H,17,21)(H,18,19)/b5-3+. The average Bonchev–Trinajstić information content (AvgIpc) is 2.45. The van der Waals surface area contributed by atoms with Crippen LogP contribution in [0.5, 0.6) is 0 Å². The summed E-state index contributed by atoms with van der Waals surface area (Å²) in [5.74, 6) is -2.83. The van der Waals surface area contributed by atoms with Gasteiger partial charge in [-0.25, -0.2) is 4.79 Å². The lowest BCUT2D eigenvalue weighted by Gasteiger charge is -2.31. The highest BCUT2D eigenvalue weighted by Crippen LogP contribution is 2.33. The molecule has 0 aromatic carbocycles. The van der Waals surface area contributed by atoms with Crippen molar-refractivity contribution in [3.63, 3.8) is 0 Å². The molecule has 7 heteroatoms. The lowest BCUT2D eigenvalue weighted by atomic mass is 9.76. The Morgan fingerprint density at radius 3 is 2.73 bits per heavy atom. The first-order valence-corrected chi connectivity index (χ1v) is 7.30. The predicted octanol–water partition coefficient (Wildman–Crippen LogP) is 2.15. The van der Waals surface area contributed by atoms with Crippen LogP contribution in [-0.2, 0) is 19.3 Å². The van der Waals surface area contributed by atoms with Crippen LogP contribution >= 0.6 is 0 Å². The molecule has 1 aliphatic rings. The number of carbonyl (C=O) groups is 3. The molecule has 3 atom stereocenters. The summed E-state index contributed by atoms with van der Waals surface area (Å²) < 4.78 is 12.0. The van der Waals surface area contributed by atoms with Crippen LogP contribution in [-0.4, -0.2) is 29.0 Å². The fourth-order valence-corrected chi connectivity index (χ4v) is 2.48. The van der Waals surface area contributed by atoms with Crippen molar-refractivity contribution in [3.05, 3.63) is 12.2 Å². The number of allylic oxidation sites excluding steroid dienone is 2. The minimum Gasteiger partial charge on any atom is -0.481 e. The zero-order valence-corrected chi connectivity index (χ0v) is 12.8. The molecule has 0 aromatic heterocycles. The second-order valence-corrected chi connectivity index (χ2v) is 6.06. The molecular formula is C15H22FNO5. The molecule has 0 aliphatic heterocycles. The lowest BCUT2D eigenvalue weighted by molar-refractivity contribution is -0.188. The Morgan fingerprint density at radius 1 is 1.45 bits per heavy atom. The van der Waals surface area contributed by atoms with Crippen LogP contribution in [0.1, 0.15) is 46.0 Å². The van der Waals surface area contributed by atoms with Crippen molar-refractivity contribution in [1.29, 1.82) is 0 Å². The molecule has 0 aromatic rings. The maximum Gasteiger partial charge on any atom is 0.371 e. The third-order valence-corrected chi connectivity index (χ3v) is 4.07. The molecule has 3 unspecified atom stereocenters. The largest absolute Gasteiger partial charge is 0.481 e. The van der Waals surface area contributed by atoms with Gasteiger partial charge in [0, 0.05) is 9.94 Å². The summed E-state index contributed by atoms with van der Waals surface area (Å²) in [4.78, 5) is 37.5. The van der Waals surface area contributed by atoms with E-state index >= 15 is 0 Å². The molecule has 0 radical (unpaired) electrons. The maximum absolute atomic E-state index is 12.4. The highest BCUT2D eigenvalue weighted by atomic mass is 19.3. The Kier molecular flexibility index (Phi) is 6.52. The van der Waals surface area contributed by atoms with Crippen LogP contribution in [0.2, 0.25) is 0 Å². The fraction of sp³-hybridized carbons (Fsp3) is 0.667. The Morgan fingerprint density at radius 2 is 2.14 bits per heavy atom. The van der Waals surface area contributed by atoms with E-state index in [2.05, 4.69) is 16.3 Å². The molecular weight excluding hydrogens is 293 g/mol. The first kappa shape index (κ1) is 18.1. The van der Waals surface area contributed by atoms with E-state index < -0.39 is 35.7 Å². The summed E-state index contributed by atoms with van der Waals surface area (Å²) in [6.45, 7) is 3.82. The Balaban J connectivity index is 2.80. The summed E-state index contributed by atoms with van der Waals surface area (Å²) in [7, 11) is 0. The summed E-state index contributed by atoms with van der Waals surface area (Å²) in [5.41, 5.74) is -0.730. The number of carbonyl (C=O) groups excluding carboxylic acids is 2. The van der Waals surface area contributed by atoms with Crippen LogP contribution in [0.25, 0.3) is 0 Å². The number of aliphatic carboxylic acids is 1. The highest BCUT2D eigenvalue weighted by Gasteiger charge is 2.36. The third kappa shape index (κ3) is 5.13. The average molecular weight is 315 g/mol. The fourth-order valence-electron chi connectivity index (χ4n) is 2.48. The Bertz CT molecular complexity index is 465. The van der Waals surface area contributed by atoms with Gasteiger partial charge in [-0.2, -0.15) is 0 Å². The SMILES string of the molecule is CC1/C=C/CCC(C)(C(=O)NC(CC(=O)O)C(=O)OF)CC1. The van der Waals surface area contributed by atoms with Crippen molar-refractivity contribution in [2.45, 2.75) is 52.0 Å². The van der Waals surface area contributed by atoms with E-state index in [-0.39, 0.29) is 0 Å². The molecule has 2 N–H and O–H groups in total. The minimum atomic E-state index is -1.52. The zero-order chi connectivity index (χ0) is 16.8. The van der Waals surface area contributed by atoms with Crippen LogP contribution < -0.4 is 5.32 Å². The Hall–Kier alpha value is -1.92. The quantitative estimate of drug-likeness (QED) is 0.758. The topological polar surface area (TPSA) is 92.7 Å². The van der Waals surface area contributed by atoms with E-state index in [4.69, 9.17) is 5.11 Å². The van der Waals surface area contributed by atoms with Gasteiger partial charge in [0.1, 0.15) is 6.04 Å². The van der Waals surface area contributed by atoms with Crippen molar-refractivity contribution >= 4 is 17.8 Å². The number of amides is 1. The smallest absolute Gasteiger partial charge is 0.371 e. The molecule has 124 valence electrons. The van der Waals surface area contributed by atoms with Crippen molar-refractivity contribution in [3.8, 4) is 0 Å². The van der Waals surface area contributed by atoms with Gasteiger partial charge in [0.25, 0.3) is 0 Å². The number of rotatable bonds is 5. The number of halogens is 1. The van der Waals surface area contributed by atoms with E-state index in [9.17, 15) is 18.9 Å². The lowest BCUT2D eigenvalue weighted by Crippen LogP contribution is -2.48. The van der Waals surface area contributed by atoms with Crippen molar-refractivity contribution in [1.82, 2.24) is 5.32 Å². The zero-order valence-electron chi connectivity index (χ0n) is 12.8. The molecule has 0 fully saturated rings. The number of carboxylic acids is 1. The van der Waals surface area contributed by atoms with Gasteiger partial charge in [-0.1, -0.05) is 26.0 Å². The van der Waals surface area contributed by atoms with Crippen LogP contribution in [0, 0.1) is 11.3 Å². The summed E-state index contributed by atoms with van der Waals surface area (Å²) >= 11 is 0. The first-order valence-electron chi connectivity index (χ1n) is 7.30. The summed E-state index contributed by atoms with van der Waals surface area (Å²) in [5, 5.41) is 11.1. The van der Waals surface area contributed by atoms with E-state index in [1.165, 1.54) is 0 Å². The molecule has 0 bridgehead atoms. The van der Waals surface area contributed by atoms with E-state index in [1.807, 2.05) is 13.0 Å². The van der Waals surface area contributed by atoms with Crippen LogP contribution in [0.15, 0.2) is 12.2 Å². The minimum absolute atomic E-state index is 0.345. The molecule has 6 nitrogen and oxygen atoms in total. The van der Waals surface area contributed by atoms with E-state index in [0.717, 1.165) is 6.42 Å². The van der Waals surface area contributed by atoms with Crippen molar-refractivity contribution in [2.75, 3.05) is 0 Å². The van der Waals surface area contributed by atoms with E-state index in [0.29, 0.717) is 25.2 Å². The monoisotopic (exact) mass is 315 g/mol. The molecule has 0 spiro atoms. The number of hydrogen-bond acceptors (Lipinski definition) is 4. The second-order valence-electron chi connectivity index (χ2n) is 6.06. The second kappa shape index (κ2) is 7.91. The molecule has 1 rings (SSSR count). The Labute approximate surface area is 128 Å². The van der Waals surface area contributed by atoms with Crippen LogP contribution in [0.3, 0.4) is 0 Å². The van der Waals surface area contributed by atoms with Gasteiger partial charge in [0.2, 0.25) is 5.91 Å². The molecule has 0 saturated carbocycles. The van der Waals surface area contributed by atoms with Crippen molar-refractivity contribution in [2.24, 2.45) is 11.3 Å². The van der Waals surface area contributed by atoms with Crippen LogP contribution in [0.4, 0.5) is 4.53 Å². The predicted molar refractivity (Wildman–Crippen MR) is 76.3 cm³/mol. The number of hydrogen-bond donors (Lipinski definition) is 2. The molecule has 22 heavy (non-hydrogen) atoms.